The van der Waals surface area contributed by atoms with E-state index in [4.69, 9.17) is 0 Å². The molecule has 0 saturated carbocycles. The summed E-state index contributed by atoms with van der Waals surface area (Å²) in [4.78, 5) is 6.09. The summed E-state index contributed by atoms with van der Waals surface area (Å²) >= 11 is 0. The van der Waals surface area contributed by atoms with Crippen LogP contribution < -0.4 is 4.72 Å². The summed E-state index contributed by atoms with van der Waals surface area (Å²) in [5.41, 5.74) is 0. The predicted molar refractivity (Wildman–Crippen MR) is 55.8 cm³/mol. The first-order chi connectivity index (χ1) is 7.58. The van der Waals surface area contributed by atoms with Gasteiger partial charge < -0.3 is 4.98 Å². The Kier molecular flexibility index (Phi) is 2.61. The molecule has 2 aromatic heterocycles. The Morgan fingerprint density at radius 2 is 2.12 bits per heavy atom. The van der Waals surface area contributed by atoms with E-state index in [0.29, 0.717) is 0 Å². The standard InChI is InChI=1S/C9H8FN3O2S/c10-8-2-1-3-9(12-8)13-16(14,15)7-4-5-11-6-7/h1-6,11H,(H,12,13). The molecular weight excluding hydrogens is 233 g/mol. The fraction of sp³-hybridized carbons (Fsp3) is 0. The van der Waals surface area contributed by atoms with Crippen LogP contribution in [0.4, 0.5) is 10.2 Å². The molecule has 84 valence electrons. The molecule has 2 heterocycles. The molecule has 2 rings (SSSR count). The van der Waals surface area contributed by atoms with E-state index >= 15 is 0 Å². The van der Waals surface area contributed by atoms with Crippen molar-refractivity contribution in [1.82, 2.24) is 9.97 Å². The zero-order chi connectivity index (χ0) is 11.6. The lowest BCUT2D eigenvalue weighted by molar-refractivity contribution is 0.584. The highest BCUT2D eigenvalue weighted by molar-refractivity contribution is 7.92. The minimum Gasteiger partial charge on any atom is -0.366 e. The fourth-order valence-corrected chi connectivity index (χ4v) is 2.11. The minimum atomic E-state index is -3.70. The van der Waals surface area contributed by atoms with Gasteiger partial charge in [-0.1, -0.05) is 6.07 Å². The second-order valence-corrected chi connectivity index (χ2v) is 4.68. The molecule has 7 heteroatoms. The van der Waals surface area contributed by atoms with Gasteiger partial charge in [0.25, 0.3) is 10.0 Å². The van der Waals surface area contributed by atoms with Crippen LogP contribution >= 0.6 is 0 Å². The quantitative estimate of drug-likeness (QED) is 0.796. The van der Waals surface area contributed by atoms with Crippen LogP contribution in [0.1, 0.15) is 0 Å². The van der Waals surface area contributed by atoms with Gasteiger partial charge in [-0.3, -0.25) is 4.72 Å². The summed E-state index contributed by atoms with van der Waals surface area (Å²) in [5, 5.41) is 0. The molecule has 0 aliphatic rings. The fourth-order valence-electron chi connectivity index (χ4n) is 1.14. The SMILES string of the molecule is O=S(=O)(Nc1cccc(F)n1)c1cc[nH]c1. The third kappa shape index (κ3) is 2.19. The highest BCUT2D eigenvalue weighted by Gasteiger charge is 2.14. The van der Waals surface area contributed by atoms with Crippen molar-refractivity contribution < 1.29 is 12.8 Å². The summed E-state index contributed by atoms with van der Waals surface area (Å²) < 4.78 is 38.3. The summed E-state index contributed by atoms with van der Waals surface area (Å²) in [7, 11) is -3.70. The minimum absolute atomic E-state index is 0.0544. The average molecular weight is 241 g/mol. The highest BCUT2D eigenvalue weighted by Crippen LogP contribution is 2.13. The van der Waals surface area contributed by atoms with Gasteiger partial charge in [-0.15, -0.1) is 0 Å². The summed E-state index contributed by atoms with van der Waals surface area (Å²) in [6.45, 7) is 0. The number of hydrogen-bond acceptors (Lipinski definition) is 3. The van der Waals surface area contributed by atoms with Gasteiger partial charge in [0, 0.05) is 12.4 Å². The smallest absolute Gasteiger partial charge is 0.264 e. The van der Waals surface area contributed by atoms with Crippen molar-refractivity contribution in [3.8, 4) is 0 Å². The van der Waals surface area contributed by atoms with Crippen molar-refractivity contribution in [3.05, 3.63) is 42.6 Å². The molecule has 0 spiro atoms. The highest BCUT2D eigenvalue weighted by atomic mass is 32.2. The van der Waals surface area contributed by atoms with Gasteiger partial charge in [0.15, 0.2) is 0 Å². The van der Waals surface area contributed by atoms with Crippen LogP contribution in [0.3, 0.4) is 0 Å². The zero-order valence-electron chi connectivity index (χ0n) is 8.01. The Labute approximate surface area is 91.4 Å². The van der Waals surface area contributed by atoms with Gasteiger partial charge in [-0.25, -0.2) is 13.4 Å². The molecule has 0 bridgehead atoms. The van der Waals surface area contributed by atoms with Crippen molar-refractivity contribution in [2.24, 2.45) is 0 Å². The van der Waals surface area contributed by atoms with Crippen molar-refractivity contribution in [2.75, 3.05) is 4.72 Å². The maximum Gasteiger partial charge on any atom is 0.264 e. The van der Waals surface area contributed by atoms with Crippen LogP contribution in [0.15, 0.2) is 41.6 Å². The number of rotatable bonds is 3. The van der Waals surface area contributed by atoms with Crippen LogP contribution in [0.25, 0.3) is 0 Å². The molecule has 0 saturated heterocycles. The second kappa shape index (κ2) is 3.93. The molecule has 0 aliphatic heterocycles. The second-order valence-electron chi connectivity index (χ2n) is 3.00. The van der Waals surface area contributed by atoms with Crippen LogP contribution in [0, 0.1) is 5.95 Å². The number of aromatic nitrogens is 2. The van der Waals surface area contributed by atoms with Crippen LogP contribution in [0.5, 0.6) is 0 Å². The number of hydrogen-bond donors (Lipinski definition) is 2. The van der Waals surface area contributed by atoms with Crippen LogP contribution in [0.2, 0.25) is 0 Å². The molecule has 0 fully saturated rings. The summed E-state index contributed by atoms with van der Waals surface area (Å²) in [5.74, 6) is -0.796. The van der Waals surface area contributed by atoms with Crippen molar-refractivity contribution in [3.63, 3.8) is 0 Å². The van der Waals surface area contributed by atoms with E-state index in [1.165, 1.54) is 30.6 Å². The van der Waals surface area contributed by atoms with Crippen molar-refractivity contribution in [2.45, 2.75) is 4.90 Å². The average Bonchev–Trinajstić information content (AvgIpc) is 2.69. The van der Waals surface area contributed by atoms with E-state index in [9.17, 15) is 12.8 Å². The Morgan fingerprint density at radius 3 is 2.75 bits per heavy atom. The molecule has 0 aliphatic carbocycles. The number of nitrogens with zero attached hydrogens (tertiary/aromatic N) is 1. The molecule has 2 N–H and O–H groups in total. The number of pyridine rings is 1. The van der Waals surface area contributed by atoms with E-state index in [1.54, 1.807) is 0 Å². The summed E-state index contributed by atoms with van der Waals surface area (Å²) in [6, 6.07) is 5.26. The maximum absolute atomic E-state index is 12.7. The number of halogens is 1. The van der Waals surface area contributed by atoms with Crippen LogP contribution in [-0.4, -0.2) is 18.4 Å². The number of aromatic amines is 1. The molecule has 0 unspecified atom stereocenters. The van der Waals surface area contributed by atoms with Gasteiger partial charge >= 0.3 is 0 Å². The molecular formula is C9H8FN3O2S. The first kappa shape index (κ1) is 10.6. The first-order valence-corrected chi connectivity index (χ1v) is 5.84. The third-order valence-electron chi connectivity index (χ3n) is 1.83. The zero-order valence-corrected chi connectivity index (χ0v) is 8.83. The summed E-state index contributed by atoms with van der Waals surface area (Å²) in [6.07, 6.45) is 2.80. The number of anilines is 1. The molecule has 0 atom stereocenters. The Morgan fingerprint density at radius 1 is 1.31 bits per heavy atom. The number of H-pyrrole nitrogens is 1. The van der Waals surface area contributed by atoms with Gasteiger partial charge in [0.2, 0.25) is 5.95 Å². The monoisotopic (exact) mass is 241 g/mol. The molecule has 2 aromatic rings. The maximum atomic E-state index is 12.7. The number of nitrogens with one attached hydrogen (secondary N) is 2. The van der Waals surface area contributed by atoms with Crippen LogP contribution in [-0.2, 0) is 10.0 Å². The van der Waals surface area contributed by atoms with Gasteiger partial charge in [0.05, 0.1) is 0 Å². The first-order valence-electron chi connectivity index (χ1n) is 4.36. The molecule has 16 heavy (non-hydrogen) atoms. The molecule has 0 amide bonds. The van der Waals surface area contributed by atoms with Gasteiger partial charge in [-0.2, -0.15) is 4.39 Å². The number of sulfonamides is 1. The molecule has 0 aromatic carbocycles. The van der Waals surface area contributed by atoms with Gasteiger partial charge in [0.1, 0.15) is 10.7 Å². The lowest BCUT2D eigenvalue weighted by Gasteiger charge is -2.04. The lowest BCUT2D eigenvalue weighted by Crippen LogP contribution is -2.13. The lowest BCUT2D eigenvalue weighted by atomic mass is 10.5. The van der Waals surface area contributed by atoms with E-state index in [1.807, 2.05) is 0 Å². The molecule has 5 nitrogen and oxygen atoms in total. The van der Waals surface area contributed by atoms with E-state index in [-0.39, 0.29) is 10.7 Å². The normalized spacial score (nSPS) is 11.3. The Balaban J connectivity index is 2.29. The van der Waals surface area contributed by atoms with E-state index < -0.39 is 16.0 Å². The van der Waals surface area contributed by atoms with Crippen molar-refractivity contribution in [1.29, 1.82) is 0 Å². The van der Waals surface area contributed by atoms with Gasteiger partial charge in [-0.05, 0) is 18.2 Å². The van der Waals surface area contributed by atoms with E-state index in [2.05, 4.69) is 14.7 Å². The predicted octanol–water partition coefficient (Wildman–Crippen LogP) is 1.35. The Hall–Kier alpha value is -1.89. The topological polar surface area (TPSA) is 74.8 Å². The Bertz CT molecular complexity index is 581. The third-order valence-corrected chi connectivity index (χ3v) is 3.19. The van der Waals surface area contributed by atoms with E-state index in [0.717, 1.165) is 6.07 Å². The molecule has 0 radical (unpaired) electrons. The largest absolute Gasteiger partial charge is 0.366 e. The van der Waals surface area contributed by atoms with Crippen molar-refractivity contribution >= 4 is 15.8 Å².